The normalized spacial score (nSPS) is 12.6. The number of halogens is 3. The largest absolute Gasteiger partial charge is 0.309 e. The molecule has 1 atom stereocenters. The van der Waals surface area contributed by atoms with E-state index >= 15 is 0 Å². The summed E-state index contributed by atoms with van der Waals surface area (Å²) < 4.78 is 2.11. The summed E-state index contributed by atoms with van der Waals surface area (Å²) in [6.45, 7) is 3.06. The van der Waals surface area contributed by atoms with E-state index in [0.717, 1.165) is 26.2 Å². The molecule has 1 nitrogen and oxygen atoms in total. The van der Waals surface area contributed by atoms with Gasteiger partial charge in [-0.3, -0.25) is 0 Å². The molecule has 1 N–H and O–H groups in total. The van der Waals surface area contributed by atoms with Crippen molar-refractivity contribution in [3.8, 4) is 0 Å². The fraction of sp³-hybridized carbons (Fsp3) is 0.286. The lowest BCUT2D eigenvalue weighted by atomic mass is 10.0. The second kappa shape index (κ2) is 7.23. The minimum Gasteiger partial charge on any atom is -0.309 e. The van der Waals surface area contributed by atoms with Crippen LogP contribution in [0.25, 0.3) is 0 Å². The van der Waals surface area contributed by atoms with E-state index in [-0.39, 0.29) is 0 Å². The minimum absolute atomic E-state index is 0.306. The van der Waals surface area contributed by atoms with Crippen LogP contribution in [-0.2, 0) is 6.42 Å². The molecule has 1 aromatic heterocycles. The van der Waals surface area contributed by atoms with Gasteiger partial charge in [-0.1, -0.05) is 46.6 Å². The predicted molar refractivity (Wildman–Crippen MR) is 91.3 cm³/mol. The topological polar surface area (TPSA) is 12.0 Å². The highest BCUT2D eigenvalue weighted by atomic mass is 79.9. The lowest BCUT2D eigenvalue weighted by molar-refractivity contribution is 0.558. The maximum Gasteiger partial charge on any atom is 0.0887 e. The third-order valence-corrected chi connectivity index (χ3v) is 5.93. The van der Waals surface area contributed by atoms with E-state index in [1.807, 2.05) is 6.07 Å². The summed E-state index contributed by atoms with van der Waals surface area (Å²) >= 11 is 14.8. The Hall–Kier alpha value is 0.130. The third-order valence-electron chi connectivity index (χ3n) is 2.81. The van der Waals surface area contributed by atoms with Crippen LogP contribution in [0.1, 0.15) is 23.4 Å². The maximum absolute atomic E-state index is 6.13. The number of thiophene rings is 1. The molecule has 0 bridgehead atoms. The quantitative estimate of drug-likeness (QED) is 0.639. The van der Waals surface area contributed by atoms with E-state index in [1.54, 1.807) is 11.3 Å². The summed E-state index contributed by atoms with van der Waals surface area (Å²) in [6, 6.07) is 10.8. The summed E-state index contributed by atoms with van der Waals surface area (Å²) in [5.74, 6) is 0. The van der Waals surface area contributed by atoms with Gasteiger partial charge in [0, 0.05) is 15.4 Å². The molecular weight excluding hydrogens is 409 g/mol. The van der Waals surface area contributed by atoms with Crippen molar-refractivity contribution in [1.82, 2.24) is 5.32 Å². The highest BCUT2D eigenvalue weighted by Crippen LogP contribution is 2.36. The second-order valence-corrected chi connectivity index (χ2v) is 7.94. The molecule has 1 unspecified atom stereocenters. The first-order chi connectivity index (χ1) is 9.10. The molecule has 0 aliphatic rings. The molecule has 0 spiro atoms. The molecule has 0 saturated heterocycles. The maximum atomic E-state index is 6.13. The van der Waals surface area contributed by atoms with Crippen molar-refractivity contribution in [3.05, 3.63) is 54.1 Å². The SMILES string of the molecule is CCNC(Cc1ccc(Br)cc1)c1cc(Cl)c(Br)s1. The average molecular weight is 424 g/mol. The van der Waals surface area contributed by atoms with Crippen LogP contribution in [0.2, 0.25) is 5.02 Å². The molecule has 19 heavy (non-hydrogen) atoms. The molecule has 1 aromatic carbocycles. The molecule has 0 radical (unpaired) electrons. The number of rotatable bonds is 5. The summed E-state index contributed by atoms with van der Waals surface area (Å²) in [5, 5.41) is 4.31. The van der Waals surface area contributed by atoms with E-state index < -0.39 is 0 Å². The number of hydrogen-bond donors (Lipinski definition) is 1. The Bertz CT molecular complexity index is 519. The minimum atomic E-state index is 0.306. The number of hydrogen-bond acceptors (Lipinski definition) is 2. The van der Waals surface area contributed by atoms with Crippen LogP contribution < -0.4 is 5.32 Å². The molecule has 1 heterocycles. The van der Waals surface area contributed by atoms with E-state index in [0.29, 0.717) is 6.04 Å². The van der Waals surface area contributed by atoms with Crippen molar-refractivity contribution in [1.29, 1.82) is 0 Å². The Kier molecular flexibility index (Phi) is 5.90. The summed E-state index contributed by atoms with van der Waals surface area (Å²) in [4.78, 5) is 1.27. The fourth-order valence-electron chi connectivity index (χ4n) is 1.91. The molecule has 0 aliphatic carbocycles. The van der Waals surface area contributed by atoms with Crippen LogP contribution in [0.5, 0.6) is 0 Å². The van der Waals surface area contributed by atoms with Crippen molar-refractivity contribution >= 4 is 54.8 Å². The monoisotopic (exact) mass is 421 g/mol. The van der Waals surface area contributed by atoms with Gasteiger partial charge >= 0.3 is 0 Å². The van der Waals surface area contributed by atoms with Gasteiger partial charge in [-0.15, -0.1) is 11.3 Å². The summed E-state index contributed by atoms with van der Waals surface area (Å²) in [7, 11) is 0. The molecule has 0 saturated carbocycles. The van der Waals surface area contributed by atoms with Crippen molar-refractivity contribution in [3.63, 3.8) is 0 Å². The van der Waals surface area contributed by atoms with Crippen molar-refractivity contribution in [2.24, 2.45) is 0 Å². The van der Waals surface area contributed by atoms with Gasteiger partial charge in [-0.25, -0.2) is 0 Å². The molecule has 5 heteroatoms. The molecule has 102 valence electrons. The van der Waals surface area contributed by atoms with Crippen LogP contribution in [0.3, 0.4) is 0 Å². The van der Waals surface area contributed by atoms with E-state index in [4.69, 9.17) is 11.6 Å². The van der Waals surface area contributed by atoms with Gasteiger partial charge in [0.15, 0.2) is 0 Å². The van der Waals surface area contributed by atoms with Crippen LogP contribution in [0, 0.1) is 0 Å². The van der Waals surface area contributed by atoms with E-state index in [2.05, 4.69) is 68.4 Å². The number of benzene rings is 1. The summed E-state index contributed by atoms with van der Waals surface area (Å²) in [6.07, 6.45) is 0.963. The Balaban J connectivity index is 2.18. The molecule has 0 fully saturated rings. The zero-order valence-electron chi connectivity index (χ0n) is 10.4. The van der Waals surface area contributed by atoms with Gasteiger partial charge < -0.3 is 5.32 Å². The molecular formula is C14H14Br2ClNS. The smallest absolute Gasteiger partial charge is 0.0887 e. The van der Waals surface area contributed by atoms with Crippen molar-refractivity contribution in [2.45, 2.75) is 19.4 Å². The molecule has 0 aliphatic heterocycles. The van der Waals surface area contributed by atoms with Crippen LogP contribution in [0.15, 0.2) is 38.6 Å². The van der Waals surface area contributed by atoms with Crippen LogP contribution >= 0.6 is 54.8 Å². The van der Waals surface area contributed by atoms with Gasteiger partial charge in [0.2, 0.25) is 0 Å². The molecule has 0 amide bonds. The number of likely N-dealkylation sites (N-methyl/N-ethyl adjacent to an activating group) is 1. The highest BCUT2D eigenvalue weighted by molar-refractivity contribution is 9.11. The standard InChI is InChI=1S/C14H14Br2ClNS/c1-2-18-12(13-8-11(17)14(16)19-13)7-9-3-5-10(15)6-4-9/h3-6,8,12,18H,2,7H2,1H3. The van der Waals surface area contributed by atoms with Crippen molar-refractivity contribution in [2.75, 3.05) is 6.54 Å². The fourth-order valence-corrected chi connectivity index (χ4v) is 4.00. The Morgan fingerprint density at radius 3 is 2.47 bits per heavy atom. The highest BCUT2D eigenvalue weighted by Gasteiger charge is 2.15. The van der Waals surface area contributed by atoms with Gasteiger partial charge in [0.1, 0.15) is 0 Å². The van der Waals surface area contributed by atoms with Crippen LogP contribution in [0.4, 0.5) is 0 Å². The van der Waals surface area contributed by atoms with Gasteiger partial charge in [-0.2, -0.15) is 0 Å². The van der Waals surface area contributed by atoms with E-state index in [9.17, 15) is 0 Å². The number of nitrogens with one attached hydrogen (secondary N) is 1. The molecule has 2 rings (SSSR count). The van der Waals surface area contributed by atoms with Gasteiger partial charge in [0.25, 0.3) is 0 Å². The van der Waals surface area contributed by atoms with Gasteiger partial charge in [-0.05, 0) is 52.7 Å². The van der Waals surface area contributed by atoms with Gasteiger partial charge in [0.05, 0.1) is 8.81 Å². The Morgan fingerprint density at radius 1 is 1.26 bits per heavy atom. The zero-order chi connectivity index (χ0) is 13.8. The second-order valence-electron chi connectivity index (χ2n) is 4.21. The Labute approximate surface area is 139 Å². The van der Waals surface area contributed by atoms with Crippen LogP contribution in [-0.4, -0.2) is 6.54 Å². The third kappa shape index (κ3) is 4.30. The first kappa shape index (κ1) is 15.5. The first-order valence-electron chi connectivity index (χ1n) is 6.02. The Morgan fingerprint density at radius 2 is 1.95 bits per heavy atom. The average Bonchev–Trinajstić information content (AvgIpc) is 2.72. The first-order valence-corrected chi connectivity index (χ1v) is 8.80. The zero-order valence-corrected chi connectivity index (χ0v) is 15.2. The predicted octanol–water partition coefficient (Wildman–Crippen LogP) is 5.82. The summed E-state index contributed by atoms with van der Waals surface area (Å²) in [5.41, 5.74) is 1.31. The molecule has 2 aromatic rings. The van der Waals surface area contributed by atoms with Crippen molar-refractivity contribution < 1.29 is 0 Å². The lowest BCUT2D eigenvalue weighted by Gasteiger charge is -2.16. The van der Waals surface area contributed by atoms with E-state index in [1.165, 1.54) is 10.4 Å². The lowest BCUT2D eigenvalue weighted by Crippen LogP contribution is -2.22.